The van der Waals surface area contributed by atoms with Crippen molar-refractivity contribution in [1.29, 1.82) is 0 Å². The predicted octanol–water partition coefficient (Wildman–Crippen LogP) is 3.83. The van der Waals surface area contributed by atoms with Crippen molar-refractivity contribution in [3.05, 3.63) is 53.5 Å². The average Bonchev–Trinajstić information content (AvgIpc) is 3.16. The van der Waals surface area contributed by atoms with Crippen LogP contribution in [0.1, 0.15) is 42.7 Å². The summed E-state index contributed by atoms with van der Waals surface area (Å²) >= 11 is 0. The summed E-state index contributed by atoms with van der Waals surface area (Å²) in [7, 11) is 0. The lowest BCUT2D eigenvalue weighted by Crippen LogP contribution is -2.21. The smallest absolute Gasteiger partial charge is 0.120 e. The van der Waals surface area contributed by atoms with E-state index in [4.69, 9.17) is 9.15 Å². The van der Waals surface area contributed by atoms with Crippen LogP contribution in [-0.4, -0.2) is 12.6 Å². The molecule has 1 saturated carbocycles. The molecule has 0 amide bonds. The molecular weight excluding hydrogens is 250 g/mol. The van der Waals surface area contributed by atoms with E-state index in [2.05, 4.69) is 36.5 Å². The van der Waals surface area contributed by atoms with Gasteiger partial charge in [-0.15, -0.1) is 0 Å². The molecule has 1 fully saturated rings. The largest absolute Gasteiger partial charge is 0.490 e. The minimum absolute atomic E-state index is 0.153. The van der Waals surface area contributed by atoms with Gasteiger partial charge in [0.15, 0.2) is 0 Å². The van der Waals surface area contributed by atoms with Gasteiger partial charge in [-0.05, 0) is 50.1 Å². The highest BCUT2D eigenvalue weighted by molar-refractivity contribution is 5.36. The summed E-state index contributed by atoms with van der Waals surface area (Å²) in [5.74, 6) is 1.90. The van der Waals surface area contributed by atoms with Gasteiger partial charge in [-0.25, -0.2) is 0 Å². The molecule has 3 rings (SSSR count). The van der Waals surface area contributed by atoms with Gasteiger partial charge in [-0.2, -0.15) is 0 Å². The first kappa shape index (κ1) is 13.3. The third-order valence-electron chi connectivity index (χ3n) is 3.51. The molecule has 3 heteroatoms. The fourth-order valence-corrected chi connectivity index (χ4v) is 2.39. The Morgan fingerprint density at radius 2 is 2.15 bits per heavy atom. The van der Waals surface area contributed by atoms with Gasteiger partial charge in [-0.3, -0.25) is 0 Å². The molecule has 0 spiro atoms. The van der Waals surface area contributed by atoms with Crippen LogP contribution in [0.15, 0.2) is 41.0 Å². The summed E-state index contributed by atoms with van der Waals surface area (Å²) in [6, 6.07) is 10.6. The number of benzene rings is 1. The number of aryl methyl sites for hydroxylation is 1. The molecule has 1 aliphatic carbocycles. The van der Waals surface area contributed by atoms with Gasteiger partial charge in [-0.1, -0.05) is 19.1 Å². The van der Waals surface area contributed by atoms with E-state index in [9.17, 15) is 0 Å². The highest BCUT2D eigenvalue weighted by atomic mass is 16.5. The maximum Gasteiger partial charge on any atom is 0.120 e. The molecule has 1 aromatic carbocycles. The molecule has 20 heavy (non-hydrogen) atoms. The van der Waals surface area contributed by atoms with Crippen LogP contribution in [0.5, 0.6) is 5.75 Å². The first-order chi connectivity index (χ1) is 9.76. The summed E-state index contributed by atoms with van der Waals surface area (Å²) in [4.78, 5) is 0. The monoisotopic (exact) mass is 271 g/mol. The van der Waals surface area contributed by atoms with Crippen molar-refractivity contribution in [1.82, 2.24) is 5.32 Å². The Morgan fingerprint density at radius 1 is 1.30 bits per heavy atom. The Bertz CT molecular complexity index is 572. The molecule has 1 aliphatic rings. The lowest BCUT2D eigenvalue weighted by atomic mass is 10.0. The number of hydrogen-bond acceptors (Lipinski definition) is 3. The lowest BCUT2D eigenvalue weighted by Gasteiger charge is -2.18. The summed E-state index contributed by atoms with van der Waals surface area (Å²) in [5, 5.41) is 3.51. The molecule has 1 unspecified atom stereocenters. The zero-order valence-corrected chi connectivity index (χ0v) is 12.1. The Balaban J connectivity index is 1.86. The van der Waals surface area contributed by atoms with Crippen molar-refractivity contribution in [3.63, 3.8) is 0 Å². The van der Waals surface area contributed by atoms with Crippen LogP contribution in [0.3, 0.4) is 0 Å². The molecule has 1 heterocycles. The molecule has 106 valence electrons. The standard InChI is InChI=1S/C17H21NO2/c1-3-18-17(14-9-12(2)19-11-14)13-5-4-6-16(10-13)20-15-7-8-15/h4-6,9-11,15,17-18H,3,7-8H2,1-2H3. The number of nitrogens with one attached hydrogen (secondary N) is 1. The van der Waals surface area contributed by atoms with Crippen LogP contribution in [0, 0.1) is 6.92 Å². The first-order valence-corrected chi connectivity index (χ1v) is 7.31. The van der Waals surface area contributed by atoms with Gasteiger partial charge in [0.2, 0.25) is 0 Å². The average molecular weight is 271 g/mol. The third kappa shape index (κ3) is 3.05. The minimum Gasteiger partial charge on any atom is -0.490 e. The van der Waals surface area contributed by atoms with E-state index in [0.717, 1.165) is 23.6 Å². The van der Waals surface area contributed by atoms with Crippen LogP contribution >= 0.6 is 0 Å². The lowest BCUT2D eigenvalue weighted by molar-refractivity contribution is 0.302. The minimum atomic E-state index is 0.153. The second-order valence-electron chi connectivity index (χ2n) is 5.37. The summed E-state index contributed by atoms with van der Waals surface area (Å²) in [5.41, 5.74) is 2.37. The van der Waals surface area contributed by atoms with Gasteiger partial charge in [0, 0.05) is 5.56 Å². The predicted molar refractivity (Wildman–Crippen MR) is 79.1 cm³/mol. The van der Waals surface area contributed by atoms with E-state index in [1.165, 1.54) is 18.4 Å². The van der Waals surface area contributed by atoms with Crippen LogP contribution in [-0.2, 0) is 0 Å². The number of hydrogen-bond donors (Lipinski definition) is 1. The number of furan rings is 1. The van der Waals surface area contributed by atoms with Gasteiger partial charge in [0.1, 0.15) is 11.5 Å². The second kappa shape index (κ2) is 5.71. The first-order valence-electron chi connectivity index (χ1n) is 7.31. The zero-order valence-electron chi connectivity index (χ0n) is 12.1. The van der Waals surface area contributed by atoms with E-state index in [1.54, 1.807) is 0 Å². The number of ether oxygens (including phenoxy) is 1. The molecule has 0 saturated heterocycles. The SMILES string of the molecule is CCNC(c1cccc(OC2CC2)c1)c1coc(C)c1. The molecule has 1 atom stereocenters. The van der Waals surface area contributed by atoms with Crippen molar-refractivity contribution in [2.45, 2.75) is 38.8 Å². The molecule has 1 N–H and O–H groups in total. The molecule has 0 bridgehead atoms. The summed E-state index contributed by atoms with van der Waals surface area (Å²) in [6.45, 7) is 4.99. The van der Waals surface area contributed by atoms with Gasteiger partial charge in [0.05, 0.1) is 18.4 Å². The van der Waals surface area contributed by atoms with E-state index in [1.807, 2.05) is 19.3 Å². The Hall–Kier alpha value is -1.74. The van der Waals surface area contributed by atoms with Crippen molar-refractivity contribution in [2.75, 3.05) is 6.54 Å². The van der Waals surface area contributed by atoms with E-state index in [-0.39, 0.29) is 6.04 Å². The van der Waals surface area contributed by atoms with E-state index in [0.29, 0.717) is 6.10 Å². The molecule has 3 nitrogen and oxygen atoms in total. The van der Waals surface area contributed by atoms with E-state index < -0.39 is 0 Å². The number of rotatable bonds is 6. The Kier molecular flexibility index (Phi) is 3.79. The Morgan fingerprint density at radius 3 is 2.80 bits per heavy atom. The highest BCUT2D eigenvalue weighted by Gasteiger charge is 2.24. The van der Waals surface area contributed by atoms with E-state index >= 15 is 0 Å². The van der Waals surface area contributed by atoms with Crippen LogP contribution in [0.2, 0.25) is 0 Å². The van der Waals surface area contributed by atoms with Gasteiger partial charge < -0.3 is 14.5 Å². The fraction of sp³-hybridized carbons (Fsp3) is 0.412. The third-order valence-corrected chi connectivity index (χ3v) is 3.51. The van der Waals surface area contributed by atoms with Crippen molar-refractivity contribution in [2.24, 2.45) is 0 Å². The van der Waals surface area contributed by atoms with Crippen LogP contribution < -0.4 is 10.1 Å². The quantitative estimate of drug-likeness (QED) is 0.867. The van der Waals surface area contributed by atoms with Crippen molar-refractivity contribution < 1.29 is 9.15 Å². The molecule has 1 aromatic heterocycles. The van der Waals surface area contributed by atoms with Crippen LogP contribution in [0.25, 0.3) is 0 Å². The zero-order chi connectivity index (χ0) is 13.9. The molecule has 2 aromatic rings. The molecular formula is C17H21NO2. The topological polar surface area (TPSA) is 34.4 Å². The summed E-state index contributed by atoms with van der Waals surface area (Å²) in [6.07, 6.45) is 4.62. The summed E-state index contributed by atoms with van der Waals surface area (Å²) < 4.78 is 11.3. The fourth-order valence-electron chi connectivity index (χ4n) is 2.39. The van der Waals surface area contributed by atoms with Crippen molar-refractivity contribution >= 4 is 0 Å². The molecule has 0 radical (unpaired) electrons. The molecule has 0 aliphatic heterocycles. The Labute approximate surface area is 119 Å². The van der Waals surface area contributed by atoms with Gasteiger partial charge in [0.25, 0.3) is 0 Å². The maximum atomic E-state index is 5.88. The maximum absolute atomic E-state index is 5.88. The van der Waals surface area contributed by atoms with Crippen molar-refractivity contribution in [3.8, 4) is 5.75 Å². The van der Waals surface area contributed by atoms with Crippen LogP contribution in [0.4, 0.5) is 0 Å². The van der Waals surface area contributed by atoms with Gasteiger partial charge >= 0.3 is 0 Å². The highest BCUT2D eigenvalue weighted by Crippen LogP contribution is 2.30. The normalized spacial score (nSPS) is 16.1. The second-order valence-corrected chi connectivity index (χ2v) is 5.37.